The maximum absolute atomic E-state index is 10.2. The van der Waals surface area contributed by atoms with Crippen molar-refractivity contribution >= 4 is 11.8 Å². The minimum Gasteiger partial charge on any atom is -0.508 e. The molecule has 136 valence electrons. The first-order valence-corrected chi connectivity index (χ1v) is 9.86. The molecule has 0 saturated heterocycles. The maximum Gasteiger partial charge on any atom is 0.119 e. The molecule has 0 bridgehead atoms. The second-order valence-corrected chi connectivity index (χ2v) is 9.68. The van der Waals surface area contributed by atoms with Gasteiger partial charge in [0.05, 0.1) is 0 Å². The predicted octanol–water partition coefficient (Wildman–Crippen LogP) is 6.13. The predicted molar refractivity (Wildman–Crippen MR) is 109 cm³/mol. The molecular weight excluding hydrogens is 328 g/mol. The highest BCUT2D eigenvalue weighted by atomic mass is 32.2. The summed E-state index contributed by atoms with van der Waals surface area (Å²) in [4.78, 5) is 0. The van der Waals surface area contributed by atoms with Crippen molar-refractivity contribution in [1.29, 1.82) is 0 Å². The van der Waals surface area contributed by atoms with E-state index in [9.17, 15) is 10.2 Å². The first-order chi connectivity index (χ1) is 11.5. The van der Waals surface area contributed by atoms with Gasteiger partial charge < -0.3 is 10.2 Å². The van der Waals surface area contributed by atoms with Crippen LogP contribution in [0, 0.1) is 0 Å². The molecule has 2 rings (SSSR count). The fraction of sp³-hybridized carbons (Fsp3) is 0.455. The van der Waals surface area contributed by atoms with E-state index in [0.29, 0.717) is 11.5 Å². The molecule has 2 aromatic carbocycles. The number of hydrogen-bond donors (Lipinski definition) is 2. The normalized spacial score (nSPS) is 12.4. The third kappa shape index (κ3) is 5.18. The Balaban J connectivity index is 1.99. The van der Waals surface area contributed by atoms with Crippen molar-refractivity contribution in [1.82, 2.24) is 0 Å². The number of thioether (sulfide) groups is 1. The van der Waals surface area contributed by atoms with E-state index in [-0.39, 0.29) is 10.8 Å². The van der Waals surface area contributed by atoms with Gasteiger partial charge in [-0.3, -0.25) is 0 Å². The van der Waals surface area contributed by atoms with Gasteiger partial charge in [-0.05, 0) is 45.2 Å². The Labute approximate surface area is 156 Å². The number of aromatic hydroxyl groups is 2. The summed E-state index contributed by atoms with van der Waals surface area (Å²) in [6, 6.07) is 12.0. The number of phenols is 2. The lowest BCUT2D eigenvalue weighted by Gasteiger charge is -2.21. The van der Waals surface area contributed by atoms with Crippen molar-refractivity contribution in [3.05, 3.63) is 58.7 Å². The summed E-state index contributed by atoms with van der Waals surface area (Å²) in [7, 11) is 0. The van der Waals surface area contributed by atoms with Crippen LogP contribution < -0.4 is 0 Å². The molecule has 0 fully saturated rings. The van der Waals surface area contributed by atoms with E-state index in [4.69, 9.17) is 0 Å². The van der Waals surface area contributed by atoms with Gasteiger partial charge in [-0.1, -0.05) is 65.8 Å². The van der Waals surface area contributed by atoms with Gasteiger partial charge in [0.2, 0.25) is 0 Å². The lowest BCUT2D eigenvalue weighted by atomic mass is 9.86. The first kappa shape index (κ1) is 19.7. The van der Waals surface area contributed by atoms with Gasteiger partial charge in [-0.15, -0.1) is 0 Å². The second kappa shape index (κ2) is 7.33. The van der Waals surface area contributed by atoms with Gasteiger partial charge >= 0.3 is 0 Å². The largest absolute Gasteiger partial charge is 0.508 e. The highest BCUT2D eigenvalue weighted by molar-refractivity contribution is 7.97. The van der Waals surface area contributed by atoms with Crippen LogP contribution >= 0.6 is 11.8 Å². The fourth-order valence-corrected chi connectivity index (χ4v) is 3.82. The monoisotopic (exact) mass is 358 g/mol. The molecule has 0 aromatic heterocycles. The molecule has 2 nitrogen and oxygen atoms in total. The van der Waals surface area contributed by atoms with Crippen molar-refractivity contribution in [3.63, 3.8) is 0 Å². The zero-order valence-corrected chi connectivity index (χ0v) is 17.0. The van der Waals surface area contributed by atoms with Gasteiger partial charge in [0.1, 0.15) is 11.5 Å². The average molecular weight is 359 g/mol. The Morgan fingerprint density at radius 1 is 0.680 bits per heavy atom. The van der Waals surface area contributed by atoms with Gasteiger partial charge in [-0.2, -0.15) is 11.8 Å². The zero-order valence-electron chi connectivity index (χ0n) is 16.2. The first-order valence-electron chi connectivity index (χ1n) is 8.71. The number of hydrogen-bond acceptors (Lipinski definition) is 3. The molecule has 0 unspecified atom stereocenters. The van der Waals surface area contributed by atoms with E-state index in [0.717, 1.165) is 33.8 Å². The molecule has 0 aliphatic carbocycles. The average Bonchev–Trinajstić information content (AvgIpc) is 2.44. The molecule has 2 N–H and O–H groups in total. The second-order valence-electron chi connectivity index (χ2n) is 8.70. The third-order valence-electron chi connectivity index (χ3n) is 4.28. The highest BCUT2D eigenvalue weighted by Crippen LogP contribution is 2.34. The Morgan fingerprint density at radius 2 is 1.04 bits per heavy atom. The van der Waals surface area contributed by atoms with Crippen molar-refractivity contribution in [3.8, 4) is 11.5 Å². The van der Waals surface area contributed by atoms with Crippen LogP contribution in [0.2, 0.25) is 0 Å². The van der Waals surface area contributed by atoms with E-state index < -0.39 is 0 Å². The Hall–Kier alpha value is -1.61. The molecule has 0 radical (unpaired) electrons. The topological polar surface area (TPSA) is 40.5 Å². The molecule has 0 atom stereocenters. The molecular formula is C22H30O2S. The van der Waals surface area contributed by atoms with E-state index >= 15 is 0 Å². The van der Waals surface area contributed by atoms with Crippen LogP contribution in [0.4, 0.5) is 0 Å². The minimum atomic E-state index is -0.0535. The number of rotatable bonds is 4. The standard InChI is InChI=1S/C22H30O2S/c1-21(2,3)17-9-7-15(11-19(17)23)13-25-14-16-8-10-18(20(24)12-16)22(4,5)6/h7-12,23-24H,13-14H2,1-6H3. The molecule has 3 heteroatoms. The van der Waals surface area contributed by atoms with Crippen molar-refractivity contribution in [2.45, 2.75) is 63.9 Å². The highest BCUT2D eigenvalue weighted by Gasteiger charge is 2.19. The Kier molecular flexibility index (Phi) is 5.78. The summed E-state index contributed by atoms with van der Waals surface area (Å²) >= 11 is 1.78. The molecule has 2 aromatic rings. The minimum absolute atomic E-state index is 0.0535. The van der Waals surface area contributed by atoms with Crippen LogP contribution in [-0.2, 0) is 22.3 Å². The molecule has 0 saturated carbocycles. The summed E-state index contributed by atoms with van der Waals surface area (Å²) in [5, 5.41) is 20.5. The van der Waals surface area contributed by atoms with Gasteiger partial charge in [0.25, 0.3) is 0 Å². The summed E-state index contributed by atoms with van der Waals surface area (Å²) in [6.45, 7) is 12.6. The van der Waals surface area contributed by atoms with Gasteiger partial charge in [0, 0.05) is 11.5 Å². The van der Waals surface area contributed by atoms with Crippen LogP contribution in [-0.4, -0.2) is 10.2 Å². The Bertz CT molecular complexity index is 673. The maximum atomic E-state index is 10.2. The number of benzene rings is 2. The van der Waals surface area contributed by atoms with E-state index in [1.54, 1.807) is 11.8 Å². The molecule has 0 aliphatic rings. The third-order valence-corrected chi connectivity index (χ3v) is 5.35. The zero-order chi connectivity index (χ0) is 18.8. The summed E-state index contributed by atoms with van der Waals surface area (Å²) in [5.41, 5.74) is 4.08. The lowest BCUT2D eigenvalue weighted by Crippen LogP contribution is -2.11. The van der Waals surface area contributed by atoms with E-state index in [2.05, 4.69) is 53.7 Å². The van der Waals surface area contributed by atoms with Gasteiger partial charge in [-0.25, -0.2) is 0 Å². The van der Waals surface area contributed by atoms with Crippen LogP contribution in [0.1, 0.15) is 63.8 Å². The smallest absolute Gasteiger partial charge is 0.119 e. The summed E-state index contributed by atoms with van der Waals surface area (Å²) in [6.07, 6.45) is 0. The fourth-order valence-electron chi connectivity index (χ4n) is 2.89. The molecule has 0 heterocycles. The van der Waals surface area contributed by atoms with E-state index in [1.807, 2.05) is 24.3 Å². The molecule has 0 amide bonds. The summed E-state index contributed by atoms with van der Waals surface area (Å²) < 4.78 is 0. The molecule has 0 aliphatic heterocycles. The molecule has 25 heavy (non-hydrogen) atoms. The van der Waals surface area contributed by atoms with Crippen molar-refractivity contribution in [2.24, 2.45) is 0 Å². The number of phenolic OH excluding ortho intramolecular Hbond substituents is 2. The van der Waals surface area contributed by atoms with Crippen LogP contribution in [0.5, 0.6) is 11.5 Å². The molecule has 0 spiro atoms. The SMILES string of the molecule is CC(C)(C)c1ccc(CSCc2ccc(C(C)(C)C)c(O)c2)cc1O. The van der Waals surface area contributed by atoms with E-state index in [1.165, 1.54) is 0 Å². The van der Waals surface area contributed by atoms with Crippen LogP contribution in [0.25, 0.3) is 0 Å². The quantitative estimate of drug-likeness (QED) is 0.691. The Morgan fingerprint density at radius 3 is 1.32 bits per heavy atom. The summed E-state index contributed by atoms with van der Waals surface area (Å²) in [5.74, 6) is 2.41. The van der Waals surface area contributed by atoms with Gasteiger partial charge in [0.15, 0.2) is 0 Å². The lowest BCUT2D eigenvalue weighted by molar-refractivity contribution is 0.445. The van der Waals surface area contributed by atoms with Crippen LogP contribution in [0.15, 0.2) is 36.4 Å². The van der Waals surface area contributed by atoms with Crippen molar-refractivity contribution < 1.29 is 10.2 Å². The van der Waals surface area contributed by atoms with Crippen LogP contribution in [0.3, 0.4) is 0 Å². The van der Waals surface area contributed by atoms with Crippen molar-refractivity contribution in [2.75, 3.05) is 0 Å².